The zero-order chi connectivity index (χ0) is 10.1. The van der Waals surface area contributed by atoms with Crippen molar-refractivity contribution in [2.24, 2.45) is 7.05 Å². The number of aryl methyl sites for hydroxylation is 3. The standard InChI is InChI=1S/C10H12N4/c1-7-4-11-8(2)13-10(7)9-5-12-14(3)6-9/h4-6H,1-3H3. The van der Waals surface area contributed by atoms with Crippen LogP contribution in [0.3, 0.4) is 0 Å². The second kappa shape index (κ2) is 3.21. The van der Waals surface area contributed by atoms with E-state index in [-0.39, 0.29) is 0 Å². The monoisotopic (exact) mass is 188 g/mol. The highest BCUT2D eigenvalue weighted by atomic mass is 15.2. The molecule has 0 unspecified atom stereocenters. The zero-order valence-corrected chi connectivity index (χ0v) is 8.52. The summed E-state index contributed by atoms with van der Waals surface area (Å²) in [5, 5.41) is 4.12. The van der Waals surface area contributed by atoms with Gasteiger partial charge in [-0.1, -0.05) is 0 Å². The molecule has 0 aliphatic heterocycles. The highest BCUT2D eigenvalue weighted by Crippen LogP contribution is 2.19. The van der Waals surface area contributed by atoms with Gasteiger partial charge in [0, 0.05) is 25.0 Å². The fraction of sp³-hybridized carbons (Fsp3) is 0.300. The van der Waals surface area contributed by atoms with E-state index in [1.54, 1.807) is 4.68 Å². The molecule has 0 amide bonds. The molecular weight excluding hydrogens is 176 g/mol. The Morgan fingerprint density at radius 1 is 1.21 bits per heavy atom. The zero-order valence-electron chi connectivity index (χ0n) is 8.52. The lowest BCUT2D eigenvalue weighted by atomic mass is 10.1. The summed E-state index contributed by atoms with van der Waals surface area (Å²) in [5.41, 5.74) is 3.07. The first-order valence-electron chi connectivity index (χ1n) is 4.46. The highest BCUT2D eigenvalue weighted by molar-refractivity contribution is 5.60. The van der Waals surface area contributed by atoms with E-state index in [0.717, 1.165) is 22.6 Å². The molecule has 0 fully saturated rings. The van der Waals surface area contributed by atoms with Crippen LogP contribution in [0.4, 0.5) is 0 Å². The molecular formula is C10H12N4. The average molecular weight is 188 g/mol. The maximum atomic E-state index is 4.39. The molecule has 14 heavy (non-hydrogen) atoms. The summed E-state index contributed by atoms with van der Waals surface area (Å²) >= 11 is 0. The van der Waals surface area contributed by atoms with E-state index < -0.39 is 0 Å². The SMILES string of the molecule is Cc1ncc(C)c(-c2cnn(C)c2)n1. The summed E-state index contributed by atoms with van der Waals surface area (Å²) in [6.45, 7) is 3.89. The van der Waals surface area contributed by atoms with Crippen molar-refractivity contribution in [1.82, 2.24) is 19.7 Å². The fourth-order valence-electron chi connectivity index (χ4n) is 1.37. The van der Waals surface area contributed by atoms with Gasteiger partial charge in [0.15, 0.2) is 0 Å². The average Bonchev–Trinajstić information content (AvgIpc) is 2.56. The van der Waals surface area contributed by atoms with Crippen LogP contribution in [0, 0.1) is 13.8 Å². The number of hydrogen-bond donors (Lipinski definition) is 0. The Labute approximate surface area is 82.6 Å². The molecule has 0 saturated heterocycles. The van der Waals surface area contributed by atoms with E-state index in [2.05, 4.69) is 15.1 Å². The molecule has 2 aromatic heterocycles. The van der Waals surface area contributed by atoms with Gasteiger partial charge in [0.2, 0.25) is 0 Å². The highest BCUT2D eigenvalue weighted by Gasteiger charge is 2.06. The smallest absolute Gasteiger partial charge is 0.125 e. The summed E-state index contributed by atoms with van der Waals surface area (Å²) in [6.07, 6.45) is 5.61. The van der Waals surface area contributed by atoms with Crippen molar-refractivity contribution in [3.63, 3.8) is 0 Å². The second-order valence-corrected chi connectivity index (χ2v) is 3.35. The van der Waals surface area contributed by atoms with Gasteiger partial charge in [0.1, 0.15) is 5.82 Å². The summed E-state index contributed by atoms with van der Waals surface area (Å²) in [6, 6.07) is 0. The molecule has 4 heteroatoms. The van der Waals surface area contributed by atoms with Crippen LogP contribution in [-0.4, -0.2) is 19.7 Å². The van der Waals surface area contributed by atoms with E-state index in [1.165, 1.54) is 0 Å². The molecule has 0 aromatic carbocycles. The van der Waals surface area contributed by atoms with Crippen molar-refractivity contribution < 1.29 is 0 Å². The van der Waals surface area contributed by atoms with Crippen LogP contribution in [0.25, 0.3) is 11.3 Å². The lowest BCUT2D eigenvalue weighted by Gasteiger charge is -2.01. The summed E-state index contributed by atoms with van der Waals surface area (Å²) in [4.78, 5) is 8.53. The first-order valence-corrected chi connectivity index (χ1v) is 4.46. The molecule has 0 spiro atoms. The first-order chi connectivity index (χ1) is 6.66. The van der Waals surface area contributed by atoms with Gasteiger partial charge in [-0.05, 0) is 19.4 Å². The minimum Gasteiger partial charge on any atom is -0.275 e. The molecule has 0 atom stereocenters. The minimum atomic E-state index is 0.787. The van der Waals surface area contributed by atoms with Crippen LogP contribution >= 0.6 is 0 Å². The Morgan fingerprint density at radius 2 is 2.00 bits per heavy atom. The topological polar surface area (TPSA) is 43.6 Å². The Bertz CT molecular complexity index is 459. The molecule has 0 bridgehead atoms. The van der Waals surface area contributed by atoms with Crippen molar-refractivity contribution >= 4 is 0 Å². The number of hydrogen-bond acceptors (Lipinski definition) is 3. The summed E-state index contributed by atoms with van der Waals surface area (Å²) in [7, 11) is 1.90. The molecule has 72 valence electrons. The van der Waals surface area contributed by atoms with Gasteiger partial charge in [0.05, 0.1) is 11.9 Å². The maximum absolute atomic E-state index is 4.39. The van der Waals surface area contributed by atoms with E-state index in [9.17, 15) is 0 Å². The Kier molecular flexibility index (Phi) is 2.04. The van der Waals surface area contributed by atoms with Crippen molar-refractivity contribution in [1.29, 1.82) is 0 Å². The van der Waals surface area contributed by atoms with E-state index in [4.69, 9.17) is 0 Å². The lowest BCUT2D eigenvalue weighted by molar-refractivity contribution is 0.768. The van der Waals surface area contributed by atoms with Gasteiger partial charge in [0.25, 0.3) is 0 Å². The third-order valence-electron chi connectivity index (χ3n) is 2.07. The van der Waals surface area contributed by atoms with Gasteiger partial charge >= 0.3 is 0 Å². The van der Waals surface area contributed by atoms with Crippen molar-refractivity contribution in [3.05, 3.63) is 30.0 Å². The van der Waals surface area contributed by atoms with Gasteiger partial charge in [-0.25, -0.2) is 9.97 Å². The van der Waals surface area contributed by atoms with Crippen molar-refractivity contribution in [3.8, 4) is 11.3 Å². The third kappa shape index (κ3) is 1.51. The van der Waals surface area contributed by atoms with Gasteiger partial charge < -0.3 is 0 Å². The van der Waals surface area contributed by atoms with Crippen LogP contribution in [0.15, 0.2) is 18.6 Å². The molecule has 0 aliphatic rings. The number of aromatic nitrogens is 4. The molecule has 0 radical (unpaired) electrons. The van der Waals surface area contributed by atoms with Crippen LogP contribution in [0.5, 0.6) is 0 Å². The molecule has 0 N–H and O–H groups in total. The minimum absolute atomic E-state index is 0.787. The van der Waals surface area contributed by atoms with Crippen LogP contribution < -0.4 is 0 Å². The predicted molar refractivity (Wildman–Crippen MR) is 53.7 cm³/mol. The Balaban J connectivity index is 2.55. The summed E-state index contributed by atoms with van der Waals surface area (Å²) < 4.78 is 1.77. The van der Waals surface area contributed by atoms with E-state index >= 15 is 0 Å². The number of rotatable bonds is 1. The van der Waals surface area contributed by atoms with E-state index in [1.807, 2.05) is 39.5 Å². The molecule has 4 nitrogen and oxygen atoms in total. The second-order valence-electron chi connectivity index (χ2n) is 3.35. The molecule has 2 heterocycles. The Hall–Kier alpha value is -1.71. The van der Waals surface area contributed by atoms with Gasteiger partial charge in [-0.2, -0.15) is 5.10 Å². The number of nitrogens with zero attached hydrogens (tertiary/aromatic N) is 4. The van der Waals surface area contributed by atoms with Crippen molar-refractivity contribution in [2.75, 3.05) is 0 Å². The van der Waals surface area contributed by atoms with Crippen molar-refractivity contribution in [2.45, 2.75) is 13.8 Å². The summed E-state index contributed by atoms with van der Waals surface area (Å²) in [5.74, 6) is 0.787. The fourth-order valence-corrected chi connectivity index (χ4v) is 1.37. The first kappa shape index (κ1) is 8.87. The third-order valence-corrected chi connectivity index (χ3v) is 2.07. The van der Waals surface area contributed by atoms with Crippen LogP contribution in [0.1, 0.15) is 11.4 Å². The van der Waals surface area contributed by atoms with Gasteiger partial charge in [-0.15, -0.1) is 0 Å². The largest absolute Gasteiger partial charge is 0.275 e. The molecule has 2 aromatic rings. The van der Waals surface area contributed by atoms with Crippen LogP contribution in [-0.2, 0) is 7.05 Å². The predicted octanol–water partition coefficient (Wildman–Crippen LogP) is 1.49. The Morgan fingerprint density at radius 3 is 2.64 bits per heavy atom. The normalized spacial score (nSPS) is 10.5. The van der Waals surface area contributed by atoms with Gasteiger partial charge in [-0.3, -0.25) is 4.68 Å². The maximum Gasteiger partial charge on any atom is 0.125 e. The lowest BCUT2D eigenvalue weighted by Crippen LogP contribution is -1.93. The molecule has 0 saturated carbocycles. The quantitative estimate of drug-likeness (QED) is 0.681. The van der Waals surface area contributed by atoms with Crippen LogP contribution in [0.2, 0.25) is 0 Å². The van der Waals surface area contributed by atoms with E-state index in [0.29, 0.717) is 0 Å². The molecule has 2 rings (SSSR count). The molecule has 0 aliphatic carbocycles.